The summed E-state index contributed by atoms with van der Waals surface area (Å²) in [6.45, 7) is 2.49. The minimum atomic E-state index is -0.286. The first-order chi connectivity index (χ1) is 12.7. The van der Waals surface area contributed by atoms with E-state index < -0.39 is 0 Å². The van der Waals surface area contributed by atoms with Crippen LogP contribution < -0.4 is 0 Å². The van der Waals surface area contributed by atoms with Gasteiger partial charge in [-0.2, -0.15) is 5.10 Å². The monoisotopic (exact) mass is 389 g/mol. The van der Waals surface area contributed by atoms with Crippen molar-refractivity contribution in [2.45, 2.75) is 38.0 Å². The van der Waals surface area contributed by atoms with E-state index in [2.05, 4.69) is 17.1 Å². The average Bonchev–Trinajstić information content (AvgIpc) is 3.25. The Bertz CT molecular complexity index is 788. The molecule has 0 unspecified atom stereocenters. The summed E-state index contributed by atoms with van der Waals surface area (Å²) in [6.07, 6.45) is 4.57. The Kier molecular flexibility index (Phi) is 6.57. The maximum absolute atomic E-state index is 13.1. The Morgan fingerprint density at radius 1 is 1.27 bits per heavy atom. The van der Waals surface area contributed by atoms with E-state index in [0.717, 1.165) is 29.7 Å². The van der Waals surface area contributed by atoms with Crippen molar-refractivity contribution in [3.63, 3.8) is 0 Å². The van der Waals surface area contributed by atoms with Gasteiger partial charge in [-0.3, -0.25) is 9.69 Å². The molecule has 3 rings (SSSR count). The van der Waals surface area contributed by atoms with Gasteiger partial charge in [0.25, 0.3) is 0 Å². The maximum Gasteiger partial charge on any atom is 0.242 e. The molecule has 0 spiro atoms. The van der Waals surface area contributed by atoms with E-state index in [-0.39, 0.29) is 17.0 Å². The van der Waals surface area contributed by atoms with Gasteiger partial charge in [-0.1, -0.05) is 49.7 Å². The fourth-order valence-corrected chi connectivity index (χ4v) is 4.30. The first kappa shape index (κ1) is 18.8. The van der Waals surface area contributed by atoms with Crippen LogP contribution in [0.3, 0.4) is 0 Å². The van der Waals surface area contributed by atoms with Crippen molar-refractivity contribution in [1.29, 1.82) is 0 Å². The Morgan fingerprint density at radius 3 is 2.77 bits per heavy atom. The molecular weight excluding hydrogens is 369 g/mol. The summed E-state index contributed by atoms with van der Waals surface area (Å²) in [5.41, 5.74) is 0.867. The number of rotatable bonds is 7. The second kappa shape index (κ2) is 9.09. The lowest BCUT2D eigenvalue weighted by Crippen LogP contribution is -2.31. The molecule has 1 fully saturated rings. The van der Waals surface area contributed by atoms with Crippen LogP contribution in [-0.4, -0.2) is 27.4 Å². The van der Waals surface area contributed by atoms with Crippen molar-refractivity contribution in [3.05, 3.63) is 58.0 Å². The summed E-state index contributed by atoms with van der Waals surface area (Å²) in [4.78, 5) is 15.5. The normalized spacial score (nSPS) is 19.2. The van der Waals surface area contributed by atoms with Gasteiger partial charge >= 0.3 is 0 Å². The highest BCUT2D eigenvalue weighted by Crippen LogP contribution is 2.32. The summed E-state index contributed by atoms with van der Waals surface area (Å²) < 4.78 is 13.1. The van der Waals surface area contributed by atoms with Crippen molar-refractivity contribution in [2.24, 2.45) is 10.2 Å². The molecule has 136 valence electrons. The third kappa shape index (κ3) is 4.80. The van der Waals surface area contributed by atoms with Crippen LogP contribution in [0.1, 0.15) is 36.6 Å². The van der Waals surface area contributed by atoms with Crippen LogP contribution in [-0.2, 0) is 11.3 Å². The molecule has 0 radical (unpaired) electrons. The predicted octanol–water partition coefficient (Wildman–Crippen LogP) is 4.91. The highest BCUT2D eigenvalue weighted by atomic mass is 32.2. The number of hydrogen-bond acceptors (Lipinski definition) is 5. The van der Waals surface area contributed by atoms with E-state index in [1.54, 1.807) is 34.6 Å². The van der Waals surface area contributed by atoms with Crippen LogP contribution in [0.4, 0.5) is 4.39 Å². The molecule has 0 saturated carbocycles. The van der Waals surface area contributed by atoms with E-state index in [0.29, 0.717) is 11.7 Å². The van der Waals surface area contributed by atoms with Crippen molar-refractivity contribution >= 4 is 40.4 Å². The number of carbonyl (C=O) groups is 1. The predicted molar refractivity (Wildman–Crippen MR) is 107 cm³/mol. The average molecular weight is 390 g/mol. The largest absolute Gasteiger partial charge is 0.284 e. The summed E-state index contributed by atoms with van der Waals surface area (Å²) >= 11 is 3.05. The quantitative estimate of drug-likeness (QED) is 0.499. The van der Waals surface area contributed by atoms with Crippen LogP contribution in [0.2, 0.25) is 0 Å². The van der Waals surface area contributed by atoms with Crippen LogP contribution in [0.25, 0.3) is 0 Å². The van der Waals surface area contributed by atoms with Gasteiger partial charge in [-0.15, -0.1) is 16.4 Å². The van der Waals surface area contributed by atoms with E-state index in [1.165, 1.54) is 23.9 Å². The molecule has 7 heteroatoms. The minimum absolute atomic E-state index is 0.0536. The number of thiophene rings is 1. The van der Waals surface area contributed by atoms with Gasteiger partial charge < -0.3 is 0 Å². The molecule has 1 saturated heterocycles. The van der Waals surface area contributed by atoms with Gasteiger partial charge in [0.05, 0.1) is 18.0 Å². The number of amides is 1. The molecule has 1 aromatic heterocycles. The van der Waals surface area contributed by atoms with E-state index in [4.69, 9.17) is 0 Å². The zero-order valence-electron chi connectivity index (χ0n) is 14.5. The van der Waals surface area contributed by atoms with Gasteiger partial charge in [-0.05, 0) is 35.6 Å². The smallest absolute Gasteiger partial charge is 0.242 e. The lowest BCUT2D eigenvalue weighted by atomic mass is 10.1. The molecule has 1 aliphatic rings. The number of halogens is 1. The van der Waals surface area contributed by atoms with Gasteiger partial charge in [-0.25, -0.2) is 4.39 Å². The van der Waals surface area contributed by atoms with Crippen molar-refractivity contribution in [2.75, 3.05) is 0 Å². The van der Waals surface area contributed by atoms with Crippen LogP contribution in [0.5, 0.6) is 0 Å². The fraction of sp³-hybridized carbons (Fsp3) is 0.316. The first-order valence-electron chi connectivity index (χ1n) is 8.54. The number of unbranched alkanes of at least 4 members (excludes halogenated alkanes) is 1. The third-order valence-corrected chi connectivity index (χ3v) is 6.01. The van der Waals surface area contributed by atoms with Gasteiger partial charge in [0.1, 0.15) is 5.82 Å². The lowest BCUT2D eigenvalue weighted by molar-refractivity contribution is -0.126. The summed E-state index contributed by atoms with van der Waals surface area (Å²) in [5.74, 6) is -0.232. The molecule has 1 atom stereocenters. The zero-order valence-corrected chi connectivity index (χ0v) is 16.1. The van der Waals surface area contributed by atoms with E-state index in [1.807, 2.05) is 17.5 Å². The summed E-state index contributed by atoms with van der Waals surface area (Å²) in [5, 5.41) is 10.9. The molecule has 0 bridgehead atoms. The second-order valence-corrected chi connectivity index (χ2v) is 8.09. The number of benzene rings is 1. The van der Waals surface area contributed by atoms with Gasteiger partial charge in [0.2, 0.25) is 5.91 Å². The number of hydrogen-bond donors (Lipinski definition) is 0. The SMILES string of the molecule is CCCC[C@H]1S/C(=N/N=C\c2cccs2)N(Cc2ccc(F)cc2)C1=O. The highest BCUT2D eigenvalue weighted by molar-refractivity contribution is 8.15. The van der Waals surface area contributed by atoms with Crippen LogP contribution in [0, 0.1) is 5.82 Å². The highest BCUT2D eigenvalue weighted by Gasteiger charge is 2.37. The fourth-order valence-electron chi connectivity index (χ4n) is 2.58. The van der Waals surface area contributed by atoms with Gasteiger partial charge in [0.15, 0.2) is 5.17 Å². The number of thioether (sulfide) groups is 1. The topological polar surface area (TPSA) is 45.0 Å². The Morgan fingerprint density at radius 2 is 2.08 bits per heavy atom. The lowest BCUT2D eigenvalue weighted by Gasteiger charge is -2.15. The molecule has 4 nitrogen and oxygen atoms in total. The minimum Gasteiger partial charge on any atom is -0.284 e. The third-order valence-electron chi connectivity index (χ3n) is 3.97. The maximum atomic E-state index is 13.1. The van der Waals surface area contributed by atoms with Crippen molar-refractivity contribution < 1.29 is 9.18 Å². The van der Waals surface area contributed by atoms with Crippen LogP contribution >= 0.6 is 23.1 Å². The molecule has 2 heterocycles. The second-order valence-electron chi connectivity index (χ2n) is 5.94. The number of carbonyl (C=O) groups excluding carboxylic acids is 1. The number of amidine groups is 1. The zero-order chi connectivity index (χ0) is 18.4. The Balaban J connectivity index is 1.78. The molecular formula is C19H20FN3OS2. The summed E-state index contributed by atoms with van der Waals surface area (Å²) in [6, 6.07) is 10.1. The van der Waals surface area contributed by atoms with E-state index >= 15 is 0 Å². The molecule has 0 N–H and O–H groups in total. The molecule has 1 amide bonds. The summed E-state index contributed by atoms with van der Waals surface area (Å²) in [7, 11) is 0. The Labute approximate surface area is 160 Å². The molecule has 1 aliphatic heterocycles. The molecule has 1 aromatic carbocycles. The molecule has 26 heavy (non-hydrogen) atoms. The standard InChI is InChI=1S/C19H20FN3OS2/c1-2-3-6-17-18(24)23(13-14-7-9-15(20)10-8-14)19(26-17)22-21-12-16-5-4-11-25-16/h4-5,7-12,17H,2-3,6,13H2,1H3/b21-12-,22-19+/t17-/m1/s1. The van der Waals surface area contributed by atoms with E-state index in [9.17, 15) is 9.18 Å². The number of nitrogens with zero attached hydrogens (tertiary/aromatic N) is 3. The van der Waals surface area contributed by atoms with Gasteiger partial charge in [0, 0.05) is 4.88 Å². The van der Waals surface area contributed by atoms with Crippen molar-refractivity contribution in [3.8, 4) is 0 Å². The molecule has 0 aliphatic carbocycles. The van der Waals surface area contributed by atoms with Crippen molar-refractivity contribution in [1.82, 2.24) is 4.90 Å². The first-order valence-corrected chi connectivity index (χ1v) is 10.3. The van der Waals surface area contributed by atoms with Crippen LogP contribution in [0.15, 0.2) is 52.0 Å². The molecule has 2 aromatic rings. The Hall–Kier alpha value is -1.99.